The molecule has 3 heterocycles. The van der Waals surface area contributed by atoms with Crippen molar-refractivity contribution in [1.82, 2.24) is 29.6 Å². The normalized spacial score (nSPS) is 21.4. The molecular weight excluding hydrogens is 879 g/mol. The van der Waals surface area contributed by atoms with Crippen LogP contribution >= 0.6 is 0 Å². The summed E-state index contributed by atoms with van der Waals surface area (Å²) in [5.41, 5.74) is 3.01. The molecule has 68 heavy (non-hydrogen) atoms. The zero-order valence-corrected chi connectivity index (χ0v) is 40.5. The summed E-state index contributed by atoms with van der Waals surface area (Å²) in [6, 6.07) is 27.3. The number of piperazine rings is 2. The molecule has 0 bridgehead atoms. The Morgan fingerprint density at radius 1 is 0.750 bits per heavy atom. The molecule has 3 aliphatic heterocycles. The summed E-state index contributed by atoms with van der Waals surface area (Å²) < 4.78 is 30.0. The minimum absolute atomic E-state index is 0.0347. The molecule has 4 atom stereocenters. The van der Waals surface area contributed by atoms with Crippen LogP contribution in [0.2, 0.25) is 0 Å². The number of benzene rings is 4. The maximum Gasteiger partial charge on any atom is 0.312 e. The maximum absolute atomic E-state index is 14.5. The fourth-order valence-corrected chi connectivity index (χ4v) is 12.5. The van der Waals surface area contributed by atoms with Crippen LogP contribution in [0, 0.1) is 5.92 Å². The lowest BCUT2D eigenvalue weighted by Gasteiger charge is -2.46. The van der Waals surface area contributed by atoms with Crippen molar-refractivity contribution < 1.29 is 32.7 Å². The van der Waals surface area contributed by atoms with Crippen molar-refractivity contribution in [3.8, 4) is 5.75 Å². The minimum atomic E-state index is -3.80. The topological polar surface area (TPSA) is 163 Å². The van der Waals surface area contributed by atoms with Crippen LogP contribution in [0.3, 0.4) is 0 Å². The van der Waals surface area contributed by atoms with E-state index in [4.69, 9.17) is 0 Å². The molecule has 4 aromatic rings. The number of sulfonamides is 1. The van der Waals surface area contributed by atoms with Crippen LogP contribution in [0.5, 0.6) is 5.75 Å². The first-order chi connectivity index (χ1) is 32.9. The van der Waals surface area contributed by atoms with E-state index in [9.17, 15) is 32.7 Å². The number of phenolic OH excluding ortho intramolecular Hbond substituents is 1. The number of nitrogens with one attached hydrogen (secondary N) is 2. The number of nitrogens with zero attached hydrogens (tertiary/aromatic N) is 5. The van der Waals surface area contributed by atoms with Crippen LogP contribution in [0.4, 0.5) is 5.69 Å². The SMILES string of the molecule is CN(C)c1cccc2c(S(=O)(=O)NCCCC[C@H]3CNC(=O)C(=O)N3C[C@@H]3CCCN3C[C@@H](CC3CCCCC3)N3C[C@H](Cc4ccc(O)cc4)N(CCc4ccccc4)C(=O)C3=O)cccc12. The van der Waals surface area contributed by atoms with Crippen LogP contribution in [0.1, 0.15) is 81.8 Å². The summed E-state index contributed by atoms with van der Waals surface area (Å²) in [5.74, 6) is -1.49. The van der Waals surface area contributed by atoms with Crippen LogP contribution in [-0.4, -0.2) is 141 Å². The summed E-state index contributed by atoms with van der Waals surface area (Å²) in [5, 5.41) is 14.4. The third kappa shape index (κ3) is 11.7. The van der Waals surface area contributed by atoms with Crippen molar-refractivity contribution in [2.45, 2.75) is 113 Å². The molecule has 4 amide bonds. The molecule has 8 rings (SSSR count). The van der Waals surface area contributed by atoms with E-state index in [1.807, 2.05) is 90.6 Å². The first kappa shape index (κ1) is 48.9. The number of carbonyl (C=O) groups is 4. The van der Waals surface area contributed by atoms with Gasteiger partial charge in [0.1, 0.15) is 5.75 Å². The number of phenols is 1. The summed E-state index contributed by atoms with van der Waals surface area (Å²) >= 11 is 0. The highest BCUT2D eigenvalue weighted by atomic mass is 32.2. The second-order valence-electron chi connectivity index (χ2n) is 19.6. The standard InChI is InChI=1S/C53H69N7O7S/c1-56(2)48-22-11-21-47-46(48)20-12-23-49(47)68(66,67)55-29-10-9-18-41-34-54-50(62)51(63)59(41)36-42-19-13-30-57(42)35-43(32-39-16-7-4-8-17-39)60-37-44(33-40-24-26-45(61)27-25-40)58(52(64)53(60)65)31-28-38-14-5-3-6-15-38/h3,5-6,11-12,14-15,20-27,39,41-44,55,61H,4,7-10,13,16-19,28-37H2,1-2H3,(H,54,62)/t41-,42-,43+,44-/m0/s1. The molecule has 364 valence electrons. The minimum Gasteiger partial charge on any atom is -0.508 e. The van der Waals surface area contributed by atoms with Crippen LogP contribution in [-0.2, 0) is 42.0 Å². The van der Waals surface area contributed by atoms with Crippen molar-refractivity contribution in [3.63, 3.8) is 0 Å². The lowest BCUT2D eigenvalue weighted by molar-refractivity contribution is -0.161. The van der Waals surface area contributed by atoms with Crippen LogP contribution in [0.25, 0.3) is 10.8 Å². The van der Waals surface area contributed by atoms with Gasteiger partial charge in [-0.1, -0.05) is 105 Å². The van der Waals surface area contributed by atoms with Gasteiger partial charge in [-0.25, -0.2) is 13.1 Å². The first-order valence-corrected chi connectivity index (χ1v) is 26.3. The van der Waals surface area contributed by atoms with Crippen molar-refractivity contribution in [3.05, 3.63) is 102 Å². The van der Waals surface area contributed by atoms with Gasteiger partial charge in [0, 0.05) is 87.9 Å². The number of hydrogen-bond acceptors (Lipinski definition) is 9. The number of hydrogen-bond donors (Lipinski definition) is 3. The van der Waals surface area contributed by atoms with E-state index >= 15 is 0 Å². The number of amides is 4. The summed E-state index contributed by atoms with van der Waals surface area (Å²) in [4.78, 5) is 65.3. The largest absolute Gasteiger partial charge is 0.508 e. The van der Waals surface area contributed by atoms with Gasteiger partial charge in [-0.3, -0.25) is 24.1 Å². The molecule has 0 aromatic heterocycles. The monoisotopic (exact) mass is 947 g/mol. The van der Waals surface area contributed by atoms with Gasteiger partial charge in [-0.15, -0.1) is 0 Å². The molecule has 0 spiro atoms. The highest BCUT2D eigenvalue weighted by molar-refractivity contribution is 7.89. The third-order valence-electron chi connectivity index (χ3n) is 14.8. The Labute approximate surface area is 402 Å². The Morgan fingerprint density at radius 2 is 1.50 bits per heavy atom. The van der Waals surface area contributed by atoms with E-state index < -0.39 is 33.7 Å². The molecular formula is C53H69N7O7S. The van der Waals surface area contributed by atoms with Gasteiger partial charge in [0.05, 0.1) is 10.9 Å². The summed E-state index contributed by atoms with van der Waals surface area (Å²) in [6.07, 6.45) is 11.2. The number of unbranched alkanes of at least 4 members (excludes halogenated alkanes) is 1. The van der Waals surface area contributed by atoms with Gasteiger partial charge in [0.15, 0.2) is 0 Å². The number of aromatic hydroxyl groups is 1. The smallest absolute Gasteiger partial charge is 0.312 e. The van der Waals surface area contributed by atoms with Gasteiger partial charge in [0.2, 0.25) is 10.0 Å². The summed E-state index contributed by atoms with van der Waals surface area (Å²) in [7, 11) is 0.0603. The molecule has 3 N–H and O–H groups in total. The van der Waals surface area contributed by atoms with E-state index in [2.05, 4.69) is 14.9 Å². The van der Waals surface area contributed by atoms with Crippen molar-refractivity contribution in [2.24, 2.45) is 5.92 Å². The summed E-state index contributed by atoms with van der Waals surface area (Å²) in [6.45, 7) is 3.11. The molecule has 4 aliphatic rings. The predicted octanol–water partition coefficient (Wildman–Crippen LogP) is 5.72. The molecule has 0 radical (unpaired) electrons. The number of likely N-dealkylation sites (tertiary alicyclic amines) is 1. The van der Waals surface area contributed by atoms with E-state index in [0.29, 0.717) is 76.1 Å². The zero-order valence-electron chi connectivity index (χ0n) is 39.7. The van der Waals surface area contributed by atoms with E-state index in [-0.39, 0.29) is 41.4 Å². The average Bonchev–Trinajstić information content (AvgIpc) is 3.78. The molecule has 1 aliphatic carbocycles. The molecule has 0 unspecified atom stereocenters. The number of anilines is 1. The van der Waals surface area contributed by atoms with Gasteiger partial charge >= 0.3 is 23.6 Å². The van der Waals surface area contributed by atoms with Gasteiger partial charge in [0.25, 0.3) is 0 Å². The Morgan fingerprint density at radius 3 is 2.26 bits per heavy atom. The van der Waals surface area contributed by atoms with Crippen LogP contribution < -0.4 is 14.9 Å². The quantitative estimate of drug-likeness (QED) is 0.0744. The molecule has 4 fully saturated rings. The van der Waals surface area contributed by atoms with E-state index in [0.717, 1.165) is 73.7 Å². The second kappa shape index (κ2) is 22.3. The van der Waals surface area contributed by atoms with Crippen molar-refractivity contribution in [2.75, 3.05) is 64.8 Å². The fraction of sp³-hybridized carbons (Fsp3) is 0.509. The molecule has 3 saturated heterocycles. The Bertz CT molecular complexity index is 2500. The van der Waals surface area contributed by atoms with E-state index in [1.165, 1.54) is 6.42 Å². The first-order valence-electron chi connectivity index (χ1n) is 24.8. The zero-order chi connectivity index (χ0) is 47.8. The second-order valence-corrected chi connectivity index (χ2v) is 21.4. The average molecular weight is 948 g/mol. The van der Waals surface area contributed by atoms with Crippen molar-refractivity contribution >= 4 is 50.1 Å². The van der Waals surface area contributed by atoms with Gasteiger partial charge < -0.3 is 30.0 Å². The molecule has 4 aromatic carbocycles. The third-order valence-corrected chi connectivity index (χ3v) is 16.4. The number of rotatable bonds is 20. The highest BCUT2D eigenvalue weighted by Crippen LogP contribution is 2.33. The lowest BCUT2D eigenvalue weighted by atomic mass is 9.84. The Balaban J connectivity index is 0.942. The molecule has 14 nitrogen and oxygen atoms in total. The van der Waals surface area contributed by atoms with E-state index in [1.54, 1.807) is 34.1 Å². The highest BCUT2D eigenvalue weighted by Gasteiger charge is 2.44. The maximum atomic E-state index is 14.5. The Hall–Kier alpha value is -5.51. The predicted molar refractivity (Wildman–Crippen MR) is 265 cm³/mol. The molecule has 1 saturated carbocycles. The van der Waals surface area contributed by atoms with Gasteiger partial charge in [-0.2, -0.15) is 0 Å². The van der Waals surface area contributed by atoms with Crippen molar-refractivity contribution in [1.29, 1.82) is 0 Å². The van der Waals surface area contributed by atoms with Crippen LogP contribution in [0.15, 0.2) is 95.9 Å². The Kier molecular flexibility index (Phi) is 16.0. The lowest BCUT2D eigenvalue weighted by Crippen LogP contribution is -2.64. The number of carbonyl (C=O) groups excluding carboxylic acids is 4. The number of fused-ring (bicyclic) bond motifs is 1. The fourth-order valence-electron chi connectivity index (χ4n) is 11.2. The molecule has 15 heteroatoms. The van der Waals surface area contributed by atoms with Gasteiger partial charge in [-0.05, 0) is 92.8 Å².